The molecule has 3 aromatic rings. The first kappa shape index (κ1) is 21.0. The number of nitrogens with zero attached hydrogens (tertiary/aromatic N) is 6. The maximum atomic E-state index is 4.94. The van der Waals surface area contributed by atoms with Crippen molar-refractivity contribution in [2.45, 2.75) is 32.9 Å². The molecular weight excluding hydrogens is 388 g/mol. The second-order valence-electron chi connectivity index (χ2n) is 8.42. The zero-order chi connectivity index (χ0) is 22.0. The maximum absolute atomic E-state index is 4.94. The number of aromatic nitrogens is 5. The molecule has 0 unspecified atom stereocenters. The van der Waals surface area contributed by atoms with Crippen LogP contribution >= 0.6 is 0 Å². The average Bonchev–Trinajstić information content (AvgIpc) is 3.38. The van der Waals surface area contributed by atoms with E-state index in [4.69, 9.17) is 4.98 Å². The van der Waals surface area contributed by atoms with Gasteiger partial charge in [0.05, 0.1) is 23.0 Å². The molecule has 8 heteroatoms. The van der Waals surface area contributed by atoms with Crippen LogP contribution in [0.4, 0.5) is 5.82 Å². The molecule has 1 saturated heterocycles. The summed E-state index contributed by atoms with van der Waals surface area (Å²) in [5.41, 5.74) is 3.42. The van der Waals surface area contributed by atoms with E-state index in [1.807, 2.05) is 35.3 Å². The molecule has 0 saturated carbocycles. The maximum Gasteiger partial charge on any atom is 0.129 e. The standard InChI is InChI=1S/C23H30N8/c1-6-31-14-17(13-26-31)20(24-5)12-18-16(2)28-29-22(18)19-8-7-9-21(27-19)30-11-10-25-23(3,4)15-30/h7-9,12-14,25,28H,2,6,10-11,15H2,1,3-5H3/b18-12+,24-20?. The van der Waals surface area contributed by atoms with E-state index in [2.05, 4.69) is 63.9 Å². The lowest BCUT2D eigenvalue weighted by molar-refractivity contribution is 0.352. The fourth-order valence-electron chi connectivity index (χ4n) is 3.89. The summed E-state index contributed by atoms with van der Waals surface area (Å²) >= 11 is 0. The van der Waals surface area contributed by atoms with Gasteiger partial charge in [-0.2, -0.15) is 10.2 Å². The van der Waals surface area contributed by atoms with E-state index >= 15 is 0 Å². The second-order valence-corrected chi connectivity index (χ2v) is 8.42. The Morgan fingerprint density at radius 3 is 2.90 bits per heavy atom. The molecule has 31 heavy (non-hydrogen) atoms. The van der Waals surface area contributed by atoms with Gasteiger partial charge in [-0.05, 0) is 39.0 Å². The second kappa shape index (κ2) is 8.47. The predicted molar refractivity (Wildman–Crippen MR) is 126 cm³/mol. The third-order valence-corrected chi connectivity index (χ3v) is 5.53. The van der Waals surface area contributed by atoms with Crippen molar-refractivity contribution in [1.82, 2.24) is 30.3 Å². The average molecular weight is 419 g/mol. The van der Waals surface area contributed by atoms with Gasteiger partial charge in [0.25, 0.3) is 0 Å². The van der Waals surface area contributed by atoms with Gasteiger partial charge in [-0.25, -0.2) is 4.98 Å². The summed E-state index contributed by atoms with van der Waals surface area (Å²) in [5.74, 6) is 0.959. The zero-order valence-corrected chi connectivity index (χ0v) is 18.7. The quantitative estimate of drug-likeness (QED) is 0.608. The number of aromatic amines is 1. The molecule has 0 bridgehead atoms. The van der Waals surface area contributed by atoms with Crippen molar-refractivity contribution in [3.63, 3.8) is 0 Å². The van der Waals surface area contributed by atoms with E-state index in [0.717, 1.165) is 65.2 Å². The minimum atomic E-state index is 0.0527. The normalized spacial score (nSPS) is 17.4. The number of anilines is 1. The number of piperazine rings is 1. The van der Waals surface area contributed by atoms with Crippen LogP contribution in [0.15, 0.2) is 35.6 Å². The summed E-state index contributed by atoms with van der Waals surface area (Å²) in [6, 6.07) is 6.08. The van der Waals surface area contributed by atoms with Crippen LogP contribution in [0.2, 0.25) is 0 Å². The number of hydrogen-bond donors (Lipinski definition) is 2. The number of rotatable bonds is 5. The molecule has 1 aliphatic heterocycles. The lowest BCUT2D eigenvalue weighted by Gasteiger charge is -2.39. The molecule has 1 aliphatic rings. The molecule has 3 aromatic heterocycles. The van der Waals surface area contributed by atoms with Gasteiger partial charge in [-0.15, -0.1) is 0 Å². The fourth-order valence-corrected chi connectivity index (χ4v) is 3.89. The Morgan fingerprint density at radius 2 is 2.19 bits per heavy atom. The summed E-state index contributed by atoms with van der Waals surface area (Å²) in [5, 5.41) is 17.1. The van der Waals surface area contributed by atoms with E-state index in [9.17, 15) is 0 Å². The number of aliphatic imine (C=N–C) groups is 1. The molecule has 4 rings (SSSR count). The minimum Gasteiger partial charge on any atom is -0.353 e. The Kier molecular flexibility index (Phi) is 5.73. The van der Waals surface area contributed by atoms with E-state index in [-0.39, 0.29) is 5.54 Å². The molecule has 4 heterocycles. The summed E-state index contributed by atoms with van der Waals surface area (Å²) in [4.78, 5) is 11.7. The highest BCUT2D eigenvalue weighted by atomic mass is 15.3. The molecule has 8 nitrogen and oxygen atoms in total. The van der Waals surface area contributed by atoms with Crippen LogP contribution < -0.4 is 20.8 Å². The molecule has 0 radical (unpaired) electrons. The third-order valence-electron chi connectivity index (χ3n) is 5.53. The molecule has 0 amide bonds. The number of nitrogens with one attached hydrogen (secondary N) is 2. The van der Waals surface area contributed by atoms with Gasteiger partial charge in [-0.1, -0.05) is 12.6 Å². The smallest absolute Gasteiger partial charge is 0.129 e. The Labute approximate surface area is 182 Å². The van der Waals surface area contributed by atoms with Crippen molar-refractivity contribution < 1.29 is 0 Å². The summed E-state index contributed by atoms with van der Waals surface area (Å²) < 4.78 is 1.88. The molecule has 0 aromatic carbocycles. The molecule has 162 valence electrons. The first-order valence-electron chi connectivity index (χ1n) is 10.6. The summed E-state index contributed by atoms with van der Waals surface area (Å²) in [6.45, 7) is 14.2. The van der Waals surface area contributed by atoms with Crippen molar-refractivity contribution in [1.29, 1.82) is 0 Å². The largest absolute Gasteiger partial charge is 0.353 e. The van der Waals surface area contributed by atoms with Crippen LogP contribution in [0.5, 0.6) is 0 Å². The Morgan fingerprint density at radius 1 is 1.35 bits per heavy atom. The van der Waals surface area contributed by atoms with Gasteiger partial charge in [0, 0.05) is 55.7 Å². The van der Waals surface area contributed by atoms with Gasteiger partial charge in [0.15, 0.2) is 0 Å². The Hall–Kier alpha value is -3.26. The molecule has 0 atom stereocenters. The van der Waals surface area contributed by atoms with E-state index < -0.39 is 0 Å². The molecule has 0 aliphatic carbocycles. The lowest BCUT2D eigenvalue weighted by Crippen LogP contribution is -2.57. The third kappa shape index (κ3) is 4.44. The number of H-pyrrole nitrogens is 1. The number of hydrogen-bond acceptors (Lipinski definition) is 6. The van der Waals surface area contributed by atoms with Crippen molar-refractivity contribution in [3.8, 4) is 11.4 Å². The lowest BCUT2D eigenvalue weighted by atomic mass is 10.0. The number of pyridine rings is 1. The first-order valence-corrected chi connectivity index (χ1v) is 10.6. The highest BCUT2D eigenvalue weighted by Gasteiger charge is 2.26. The minimum absolute atomic E-state index is 0.0527. The van der Waals surface area contributed by atoms with Gasteiger partial charge < -0.3 is 10.2 Å². The van der Waals surface area contributed by atoms with Crippen LogP contribution in [-0.2, 0) is 6.54 Å². The van der Waals surface area contributed by atoms with Crippen LogP contribution in [0.3, 0.4) is 0 Å². The van der Waals surface area contributed by atoms with Gasteiger partial charge in [0.2, 0.25) is 0 Å². The highest BCUT2D eigenvalue weighted by Crippen LogP contribution is 2.20. The molecule has 0 spiro atoms. The first-order chi connectivity index (χ1) is 14.9. The van der Waals surface area contributed by atoms with Crippen molar-refractivity contribution in [2.24, 2.45) is 4.99 Å². The summed E-state index contributed by atoms with van der Waals surface area (Å²) in [6.07, 6.45) is 5.82. The van der Waals surface area contributed by atoms with Crippen molar-refractivity contribution in [3.05, 3.63) is 46.7 Å². The SMILES string of the molecule is C=c1[nH]nc(-c2cccc(N3CCNC(C)(C)C3)n2)/c1=C/C(=NC)c1cnn(CC)c1. The van der Waals surface area contributed by atoms with Crippen molar-refractivity contribution >= 4 is 24.2 Å². The van der Waals surface area contributed by atoms with E-state index in [1.54, 1.807) is 7.05 Å². The van der Waals surface area contributed by atoms with E-state index in [1.165, 1.54) is 0 Å². The van der Waals surface area contributed by atoms with E-state index in [0.29, 0.717) is 0 Å². The van der Waals surface area contributed by atoms with Gasteiger partial charge >= 0.3 is 0 Å². The fraction of sp³-hybridized carbons (Fsp3) is 0.391. The number of aryl methyl sites for hydroxylation is 1. The predicted octanol–water partition coefficient (Wildman–Crippen LogP) is 1.19. The monoisotopic (exact) mass is 418 g/mol. The summed E-state index contributed by atoms with van der Waals surface area (Å²) in [7, 11) is 1.78. The molecule has 2 N–H and O–H groups in total. The van der Waals surface area contributed by atoms with Crippen LogP contribution in [0.1, 0.15) is 26.3 Å². The zero-order valence-electron chi connectivity index (χ0n) is 18.7. The molecule has 1 fully saturated rings. The Balaban J connectivity index is 1.73. The molecular formula is C23H30N8. The van der Waals surface area contributed by atoms with Crippen LogP contribution in [-0.4, -0.2) is 62.9 Å². The van der Waals surface area contributed by atoms with Gasteiger partial charge in [-0.3, -0.25) is 14.8 Å². The van der Waals surface area contributed by atoms with Crippen molar-refractivity contribution in [2.75, 3.05) is 31.6 Å². The van der Waals surface area contributed by atoms with Gasteiger partial charge in [0.1, 0.15) is 11.5 Å². The Bertz CT molecular complexity index is 1200. The topological polar surface area (TPSA) is 87.0 Å². The van der Waals surface area contributed by atoms with Crippen LogP contribution in [0.25, 0.3) is 24.0 Å². The highest BCUT2D eigenvalue weighted by molar-refractivity contribution is 6.20. The van der Waals surface area contributed by atoms with Crippen LogP contribution in [0, 0.1) is 0 Å².